The average molecular weight is 319 g/mol. The number of rotatable bonds is 5. The molecular formula is C14H13N3O4S. The lowest BCUT2D eigenvalue weighted by molar-refractivity contribution is 0.315. The van der Waals surface area contributed by atoms with E-state index in [4.69, 9.17) is 4.74 Å². The summed E-state index contributed by atoms with van der Waals surface area (Å²) in [5, 5.41) is 7.28. The van der Waals surface area contributed by atoms with Gasteiger partial charge in [0.2, 0.25) is 10.0 Å². The van der Waals surface area contributed by atoms with E-state index < -0.39 is 10.0 Å². The zero-order valence-electron chi connectivity index (χ0n) is 11.7. The van der Waals surface area contributed by atoms with Crippen LogP contribution in [0.5, 0.6) is 5.75 Å². The molecular weight excluding hydrogens is 306 g/mol. The van der Waals surface area contributed by atoms with Gasteiger partial charge < -0.3 is 4.74 Å². The maximum Gasteiger partial charge on any atom is 0.243 e. The van der Waals surface area contributed by atoms with Crippen LogP contribution < -0.4 is 9.46 Å². The van der Waals surface area contributed by atoms with Gasteiger partial charge in [0.25, 0.3) is 0 Å². The number of aromatic nitrogens is 2. The topological polar surface area (TPSA) is 94.3 Å². The van der Waals surface area contributed by atoms with Crippen LogP contribution in [0, 0.1) is 0 Å². The Bertz CT molecular complexity index is 888. The largest absolute Gasteiger partial charge is 0.497 e. The van der Waals surface area contributed by atoms with Crippen LogP contribution in [0.1, 0.15) is 5.56 Å². The van der Waals surface area contributed by atoms with E-state index >= 15 is 0 Å². The van der Waals surface area contributed by atoms with Gasteiger partial charge in [0, 0.05) is 6.54 Å². The van der Waals surface area contributed by atoms with E-state index in [0.29, 0.717) is 11.3 Å². The van der Waals surface area contributed by atoms with Gasteiger partial charge in [-0.2, -0.15) is 0 Å². The van der Waals surface area contributed by atoms with E-state index in [-0.39, 0.29) is 17.0 Å². The first-order valence-corrected chi connectivity index (χ1v) is 7.92. The quantitative estimate of drug-likeness (QED) is 0.769. The van der Waals surface area contributed by atoms with Crippen molar-refractivity contribution in [3.8, 4) is 5.75 Å². The van der Waals surface area contributed by atoms with Crippen LogP contribution in [-0.2, 0) is 16.6 Å². The second-order valence-electron chi connectivity index (χ2n) is 4.56. The van der Waals surface area contributed by atoms with Crippen molar-refractivity contribution < 1.29 is 17.8 Å². The van der Waals surface area contributed by atoms with E-state index in [1.807, 2.05) is 0 Å². The van der Waals surface area contributed by atoms with Crippen LogP contribution >= 0.6 is 0 Å². The Morgan fingerprint density at radius 1 is 1.14 bits per heavy atom. The highest BCUT2D eigenvalue weighted by Gasteiger charge is 2.19. The number of ether oxygens (including phenoxy) is 1. The minimum atomic E-state index is -3.71. The van der Waals surface area contributed by atoms with E-state index in [9.17, 15) is 8.42 Å². The number of nitrogens with zero attached hydrogens (tertiary/aromatic N) is 2. The van der Waals surface area contributed by atoms with Gasteiger partial charge in [-0.25, -0.2) is 17.8 Å². The summed E-state index contributed by atoms with van der Waals surface area (Å²) in [7, 11) is -2.14. The van der Waals surface area contributed by atoms with Crippen LogP contribution in [0.2, 0.25) is 0 Å². The van der Waals surface area contributed by atoms with Crippen molar-refractivity contribution in [1.29, 1.82) is 0 Å². The summed E-state index contributed by atoms with van der Waals surface area (Å²) in [6.07, 6.45) is 0. The van der Waals surface area contributed by atoms with E-state index in [0.717, 1.165) is 5.56 Å². The molecule has 0 bridgehead atoms. The molecule has 2 aromatic carbocycles. The molecule has 0 unspecified atom stereocenters. The van der Waals surface area contributed by atoms with Crippen molar-refractivity contribution >= 4 is 21.1 Å². The molecule has 0 fully saturated rings. The van der Waals surface area contributed by atoms with Gasteiger partial charge in [-0.15, -0.1) is 0 Å². The molecule has 1 N–H and O–H groups in total. The number of fused-ring (bicyclic) bond motifs is 1. The summed E-state index contributed by atoms with van der Waals surface area (Å²) in [6.45, 7) is 0.161. The van der Waals surface area contributed by atoms with Crippen molar-refractivity contribution in [3.05, 3.63) is 48.0 Å². The smallest absolute Gasteiger partial charge is 0.243 e. The third-order valence-electron chi connectivity index (χ3n) is 3.16. The molecule has 8 heteroatoms. The van der Waals surface area contributed by atoms with E-state index in [2.05, 4.69) is 19.7 Å². The fourth-order valence-corrected chi connectivity index (χ4v) is 3.16. The van der Waals surface area contributed by atoms with E-state index in [1.54, 1.807) is 43.5 Å². The number of methoxy groups -OCH3 is 1. The third-order valence-corrected chi connectivity index (χ3v) is 4.60. The van der Waals surface area contributed by atoms with Crippen LogP contribution in [0.3, 0.4) is 0 Å². The standard InChI is InChI=1S/C14H13N3O4S/c1-20-11-7-5-10(6-8-11)9-15-22(18,19)13-4-2-3-12-14(13)17-21-16-12/h2-8,15H,9H2,1H3. The first kappa shape index (κ1) is 14.5. The molecule has 0 aliphatic heterocycles. The molecule has 0 saturated carbocycles. The zero-order chi connectivity index (χ0) is 15.6. The van der Waals surface area contributed by atoms with Gasteiger partial charge in [0.1, 0.15) is 16.2 Å². The summed E-state index contributed by atoms with van der Waals surface area (Å²) in [5.74, 6) is 0.713. The molecule has 114 valence electrons. The Hall–Kier alpha value is -2.45. The minimum absolute atomic E-state index is 0.0414. The first-order chi connectivity index (χ1) is 10.6. The van der Waals surface area contributed by atoms with Crippen LogP contribution in [0.25, 0.3) is 11.0 Å². The molecule has 0 aliphatic carbocycles. The molecule has 0 aliphatic rings. The number of nitrogens with one attached hydrogen (secondary N) is 1. The molecule has 0 atom stereocenters. The lowest BCUT2D eigenvalue weighted by Crippen LogP contribution is -2.23. The molecule has 22 heavy (non-hydrogen) atoms. The van der Waals surface area contributed by atoms with Crippen molar-refractivity contribution in [1.82, 2.24) is 15.0 Å². The Morgan fingerprint density at radius 2 is 1.91 bits per heavy atom. The second kappa shape index (κ2) is 5.74. The summed E-state index contributed by atoms with van der Waals surface area (Å²) in [4.78, 5) is 0.0414. The van der Waals surface area contributed by atoms with Gasteiger partial charge in [0.05, 0.1) is 7.11 Å². The molecule has 1 heterocycles. The maximum absolute atomic E-state index is 12.4. The molecule has 0 amide bonds. The normalized spacial score (nSPS) is 11.7. The van der Waals surface area contributed by atoms with Crippen molar-refractivity contribution in [2.45, 2.75) is 11.4 Å². The lowest BCUT2D eigenvalue weighted by atomic mass is 10.2. The van der Waals surface area contributed by atoms with Crippen molar-refractivity contribution in [2.75, 3.05) is 7.11 Å². The maximum atomic E-state index is 12.4. The molecule has 7 nitrogen and oxygen atoms in total. The van der Waals surface area contributed by atoms with Crippen LogP contribution in [-0.4, -0.2) is 25.8 Å². The highest BCUT2D eigenvalue weighted by Crippen LogP contribution is 2.20. The first-order valence-electron chi connectivity index (χ1n) is 6.44. The fraction of sp³-hybridized carbons (Fsp3) is 0.143. The number of hydrogen-bond acceptors (Lipinski definition) is 6. The van der Waals surface area contributed by atoms with Crippen molar-refractivity contribution in [3.63, 3.8) is 0 Å². The Morgan fingerprint density at radius 3 is 2.64 bits per heavy atom. The average Bonchev–Trinajstić information content (AvgIpc) is 3.02. The molecule has 3 aromatic rings. The number of sulfonamides is 1. The van der Waals surface area contributed by atoms with Crippen LogP contribution in [0.4, 0.5) is 0 Å². The number of benzene rings is 2. The molecule has 3 rings (SSSR count). The van der Waals surface area contributed by atoms with E-state index in [1.165, 1.54) is 6.07 Å². The highest BCUT2D eigenvalue weighted by atomic mass is 32.2. The monoisotopic (exact) mass is 319 g/mol. The summed E-state index contributed by atoms with van der Waals surface area (Å²) >= 11 is 0. The van der Waals surface area contributed by atoms with Gasteiger partial charge in [-0.05, 0) is 40.1 Å². The molecule has 1 aromatic heterocycles. The summed E-state index contributed by atoms with van der Waals surface area (Å²) in [5.41, 5.74) is 1.42. The Labute approximate surface area is 126 Å². The predicted molar refractivity (Wildman–Crippen MR) is 78.8 cm³/mol. The zero-order valence-corrected chi connectivity index (χ0v) is 12.5. The fourth-order valence-electron chi connectivity index (χ4n) is 2.00. The molecule has 0 spiro atoms. The van der Waals surface area contributed by atoms with Gasteiger partial charge >= 0.3 is 0 Å². The number of hydrogen-bond donors (Lipinski definition) is 1. The Balaban J connectivity index is 1.82. The molecule has 0 radical (unpaired) electrons. The van der Waals surface area contributed by atoms with Crippen LogP contribution in [0.15, 0.2) is 52.0 Å². The highest BCUT2D eigenvalue weighted by molar-refractivity contribution is 7.89. The van der Waals surface area contributed by atoms with Crippen molar-refractivity contribution in [2.24, 2.45) is 0 Å². The van der Waals surface area contributed by atoms with Gasteiger partial charge in [-0.1, -0.05) is 18.2 Å². The Kier molecular flexibility index (Phi) is 3.78. The van der Waals surface area contributed by atoms with Gasteiger partial charge in [-0.3, -0.25) is 0 Å². The predicted octanol–water partition coefficient (Wildman–Crippen LogP) is 1.71. The SMILES string of the molecule is COc1ccc(CNS(=O)(=O)c2cccc3nonc23)cc1. The lowest BCUT2D eigenvalue weighted by Gasteiger charge is -2.07. The molecule has 0 saturated heterocycles. The third kappa shape index (κ3) is 2.78. The second-order valence-corrected chi connectivity index (χ2v) is 6.30. The summed E-state index contributed by atoms with van der Waals surface area (Å²) < 4.78 is 37.0. The minimum Gasteiger partial charge on any atom is -0.497 e. The summed E-state index contributed by atoms with van der Waals surface area (Å²) in [6, 6.07) is 11.8. The van der Waals surface area contributed by atoms with Gasteiger partial charge in [0.15, 0.2) is 5.52 Å².